The molecule has 2 aromatic heterocycles. The third kappa shape index (κ3) is 4.42. The van der Waals surface area contributed by atoms with Gasteiger partial charge in [0, 0.05) is 26.3 Å². The minimum absolute atomic E-state index is 0.152. The molecule has 0 bridgehead atoms. The van der Waals surface area contributed by atoms with E-state index in [0.717, 1.165) is 30.5 Å². The highest BCUT2D eigenvalue weighted by atomic mass is 32.2. The fraction of sp³-hybridized carbons (Fsp3) is 0.364. The monoisotopic (exact) mass is 441 g/mol. The Labute approximate surface area is 182 Å². The lowest BCUT2D eigenvalue weighted by Gasteiger charge is -2.25. The van der Waals surface area contributed by atoms with Crippen molar-refractivity contribution in [1.29, 1.82) is 0 Å². The maximum atomic E-state index is 12.9. The highest BCUT2D eigenvalue weighted by Gasteiger charge is 2.28. The SMILES string of the molecule is CC(NC(=O)c1cc(S(=O)(=O)N2CCCCC2)cn1C)c1ncc(-c2ccccc2)[nH]1. The zero-order valence-electron chi connectivity index (χ0n) is 17.7. The van der Waals surface area contributed by atoms with Gasteiger partial charge >= 0.3 is 0 Å². The number of nitrogens with one attached hydrogen (secondary N) is 2. The zero-order chi connectivity index (χ0) is 22.0. The van der Waals surface area contributed by atoms with Crippen LogP contribution in [0.15, 0.2) is 53.7 Å². The van der Waals surface area contributed by atoms with Crippen molar-refractivity contribution in [2.24, 2.45) is 7.05 Å². The summed E-state index contributed by atoms with van der Waals surface area (Å²) < 4.78 is 28.9. The van der Waals surface area contributed by atoms with E-state index in [1.54, 1.807) is 17.8 Å². The first-order valence-electron chi connectivity index (χ1n) is 10.4. The Bertz CT molecular complexity index is 1160. The van der Waals surface area contributed by atoms with Gasteiger partial charge in [0.05, 0.1) is 17.9 Å². The number of carbonyl (C=O) groups excluding carboxylic acids is 1. The van der Waals surface area contributed by atoms with Crippen molar-refractivity contribution >= 4 is 15.9 Å². The number of H-pyrrole nitrogens is 1. The first-order chi connectivity index (χ1) is 14.9. The lowest BCUT2D eigenvalue weighted by Crippen LogP contribution is -2.35. The van der Waals surface area contributed by atoms with Crippen molar-refractivity contribution in [2.75, 3.05) is 13.1 Å². The van der Waals surface area contributed by atoms with Gasteiger partial charge in [0.15, 0.2) is 0 Å². The van der Waals surface area contributed by atoms with E-state index in [0.29, 0.717) is 18.9 Å². The molecule has 0 spiro atoms. The van der Waals surface area contributed by atoms with Gasteiger partial charge in [0.1, 0.15) is 16.4 Å². The van der Waals surface area contributed by atoms with Crippen LogP contribution in [-0.2, 0) is 17.1 Å². The van der Waals surface area contributed by atoms with Crippen LogP contribution in [-0.4, -0.2) is 46.3 Å². The van der Waals surface area contributed by atoms with E-state index in [2.05, 4.69) is 15.3 Å². The van der Waals surface area contributed by atoms with Gasteiger partial charge < -0.3 is 14.9 Å². The number of sulfonamides is 1. The van der Waals surface area contributed by atoms with Crippen LogP contribution in [0.5, 0.6) is 0 Å². The molecule has 31 heavy (non-hydrogen) atoms. The molecule has 1 saturated heterocycles. The largest absolute Gasteiger partial charge is 0.345 e. The molecule has 1 aromatic carbocycles. The molecule has 3 heterocycles. The van der Waals surface area contributed by atoms with Crippen molar-refractivity contribution in [1.82, 2.24) is 24.2 Å². The summed E-state index contributed by atoms with van der Waals surface area (Å²) in [6.07, 6.45) is 6.02. The Hall–Kier alpha value is -2.91. The molecule has 1 unspecified atom stereocenters. The van der Waals surface area contributed by atoms with Gasteiger partial charge in [-0.3, -0.25) is 4.79 Å². The Kier molecular flexibility index (Phi) is 5.97. The van der Waals surface area contributed by atoms with E-state index < -0.39 is 10.0 Å². The fourth-order valence-corrected chi connectivity index (χ4v) is 5.40. The summed E-state index contributed by atoms with van der Waals surface area (Å²) in [4.78, 5) is 20.6. The molecule has 1 aliphatic rings. The van der Waals surface area contributed by atoms with Crippen LogP contribution in [0.4, 0.5) is 0 Å². The zero-order valence-corrected chi connectivity index (χ0v) is 18.5. The van der Waals surface area contributed by atoms with Crippen molar-refractivity contribution in [3.8, 4) is 11.3 Å². The number of carbonyl (C=O) groups is 1. The molecular weight excluding hydrogens is 414 g/mol. The minimum atomic E-state index is -3.59. The molecule has 1 aliphatic heterocycles. The van der Waals surface area contributed by atoms with Crippen LogP contribution in [0.2, 0.25) is 0 Å². The van der Waals surface area contributed by atoms with E-state index in [1.807, 2.05) is 37.3 Å². The highest BCUT2D eigenvalue weighted by molar-refractivity contribution is 7.89. The maximum absolute atomic E-state index is 12.9. The Morgan fingerprint density at radius 3 is 2.58 bits per heavy atom. The molecule has 3 aromatic rings. The topological polar surface area (TPSA) is 100 Å². The summed E-state index contributed by atoms with van der Waals surface area (Å²) >= 11 is 0. The summed E-state index contributed by atoms with van der Waals surface area (Å²) in [6.45, 7) is 2.88. The van der Waals surface area contributed by atoms with Crippen LogP contribution in [0.1, 0.15) is 48.5 Å². The van der Waals surface area contributed by atoms with Crippen molar-refractivity contribution in [2.45, 2.75) is 37.1 Å². The predicted molar refractivity (Wildman–Crippen MR) is 118 cm³/mol. The van der Waals surface area contributed by atoms with E-state index in [9.17, 15) is 13.2 Å². The Morgan fingerprint density at radius 1 is 1.16 bits per heavy atom. The highest BCUT2D eigenvalue weighted by Crippen LogP contribution is 2.23. The van der Waals surface area contributed by atoms with Gasteiger partial charge in [-0.05, 0) is 31.4 Å². The number of piperidine rings is 1. The molecular formula is C22H27N5O3S. The van der Waals surface area contributed by atoms with E-state index in [-0.39, 0.29) is 22.5 Å². The minimum Gasteiger partial charge on any atom is -0.345 e. The molecule has 1 atom stereocenters. The number of hydrogen-bond acceptors (Lipinski definition) is 4. The third-order valence-corrected chi connectivity index (χ3v) is 7.47. The molecule has 1 amide bonds. The number of aryl methyl sites for hydroxylation is 1. The summed E-state index contributed by atoms with van der Waals surface area (Å²) in [5.41, 5.74) is 2.16. The number of rotatable bonds is 6. The lowest BCUT2D eigenvalue weighted by atomic mass is 10.2. The van der Waals surface area contributed by atoms with E-state index in [4.69, 9.17) is 0 Å². The second-order valence-corrected chi connectivity index (χ2v) is 9.82. The molecule has 9 heteroatoms. The average molecular weight is 442 g/mol. The number of hydrogen-bond donors (Lipinski definition) is 2. The standard InChI is InChI=1S/C22H27N5O3S/c1-16(21-23-14-19(25-21)17-9-5-3-6-10-17)24-22(28)20-13-18(15-26(20)2)31(29,30)27-11-7-4-8-12-27/h3,5-6,9-10,13-16H,4,7-8,11-12H2,1-2H3,(H,23,25)(H,24,28). The molecule has 8 nitrogen and oxygen atoms in total. The molecule has 4 rings (SSSR count). The summed E-state index contributed by atoms with van der Waals surface area (Å²) in [5, 5.41) is 2.90. The quantitative estimate of drug-likeness (QED) is 0.614. The van der Waals surface area contributed by atoms with Gasteiger partial charge in [-0.25, -0.2) is 13.4 Å². The molecule has 0 radical (unpaired) electrons. The van der Waals surface area contributed by atoms with Crippen molar-refractivity contribution < 1.29 is 13.2 Å². The second kappa shape index (κ2) is 8.68. The first-order valence-corrected chi connectivity index (χ1v) is 11.9. The van der Waals surface area contributed by atoms with Crippen LogP contribution in [0.3, 0.4) is 0 Å². The van der Waals surface area contributed by atoms with Gasteiger partial charge in [-0.15, -0.1) is 0 Å². The fourth-order valence-electron chi connectivity index (χ4n) is 3.82. The predicted octanol–water partition coefficient (Wildman–Crippen LogP) is 3.08. The number of aromatic nitrogens is 3. The van der Waals surface area contributed by atoms with Crippen LogP contribution >= 0.6 is 0 Å². The number of benzene rings is 1. The van der Waals surface area contributed by atoms with Gasteiger partial charge in [-0.2, -0.15) is 4.31 Å². The number of imidazole rings is 1. The van der Waals surface area contributed by atoms with E-state index in [1.165, 1.54) is 16.6 Å². The van der Waals surface area contributed by atoms with E-state index >= 15 is 0 Å². The number of amides is 1. The maximum Gasteiger partial charge on any atom is 0.268 e. The number of aromatic amines is 1. The molecule has 164 valence electrons. The summed E-state index contributed by atoms with van der Waals surface area (Å²) in [7, 11) is -1.92. The Balaban J connectivity index is 1.48. The smallest absolute Gasteiger partial charge is 0.268 e. The third-order valence-electron chi connectivity index (χ3n) is 5.60. The normalized spacial score (nSPS) is 16.2. The van der Waals surface area contributed by atoms with Crippen LogP contribution < -0.4 is 5.32 Å². The molecule has 0 saturated carbocycles. The van der Waals surface area contributed by atoms with Gasteiger partial charge in [0.25, 0.3) is 5.91 Å². The second-order valence-electron chi connectivity index (χ2n) is 7.88. The molecule has 2 N–H and O–H groups in total. The molecule has 1 fully saturated rings. The first kappa shape index (κ1) is 21.3. The summed E-state index contributed by atoms with van der Waals surface area (Å²) in [5.74, 6) is 0.273. The van der Waals surface area contributed by atoms with Crippen LogP contribution in [0.25, 0.3) is 11.3 Å². The van der Waals surface area contributed by atoms with Crippen molar-refractivity contribution in [3.63, 3.8) is 0 Å². The Morgan fingerprint density at radius 2 is 1.87 bits per heavy atom. The van der Waals surface area contributed by atoms with Crippen molar-refractivity contribution in [3.05, 3.63) is 60.3 Å². The summed E-state index contributed by atoms with van der Waals surface area (Å²) in [6, 6.07) is 10.9. The average Bonchev–Trinajstić information content (AvgIpc) is 3.42. The molecule has 0 aliphatic carbocycles. The number of nitrogens with zero attached hydrogens (tertiary/aromatic N) is 3. The lowest BCUT2D eigenvalue weighted by molar-refractivity contribution is 0.0930. The van der Waals surface area contributed by atoms with Gasteiger partial charge in [-0.1, -0.05) is 36.8 Å². The van der Waals surface area contributed by atoms with Crippen LogP contribution in [0, 0.1) is 0 Å². The van der Waals surface area contributed by atoms with Gasteiger partial charge in [0.2, 0.25) is 10.0 Å².